The summed E-state index contributed by atoms with van der Waals surface area (Å²) in [6, 6.07) is 46.9. The van der Waals surface area contributed by atoms with Crippen molar-refractivity contribution < 1.29 is 0 Å². The van der Waals surface area contributed by atoms with Crippen LogP contribution in [-0.2, 0) is 0 Å². The van der Waals surface area contributed by atoms with Crippen LogP contribution in [-0.4, -0.2) is 0 Å². The van der Waals surface area contributed by atoms with Crippen molar-refractivity contribution in [3.8, 4) is 45.5 Å². The van der Waals surface area contributed by atoms with Crippen LogP contribution in [0.4, 0.5) is 0 Å². The normalized spacial score (nSPS) is 11.3. The van der Waals surface area contributed by atoms with E-state index in [-0.39, 0.29) is 0 Å². The van der Waals surface area contributed by atoms with Crippen LogP contribution in [0, 0.1) is 22.7 Å². The molecule has 2 aromatic heterocycles. The molecule has 0 bridgehead atoms. The predicted molar refractivity (Wildman–Crippen MR) is 178 cm³/mol. The number of nitriles is 2. The summed E-state index contributed by atoms with van der Waals surface area (Å²) in [6.07, 6.45) is 0. The van der Waals surface area contributed by atoms with E-state index < -0.39 is 0 Å². The van der Waals surface area contributed by atoms with Crippen molar-refractivity contribution in [3.05, 3.63) is 132 Å². The van der Waals surface area contributed by atoms with Gasteiger partial charge in [0, 0.05) is 40.3 Å². The van der Waals surface area contributed by atoms with Crippen molar-refractivity contribution in [3.63, 3.8) is 0 Å². The van der Waals surface area contributed by atoms with Crippen LogP contribution in [0.5, 0.6) is 0 Å². The first-order valence-electron chi connectivity index (χ1n) is 13.6. The van der Waals surface area contributed by atoms with Gasteiger partial charge in [-0.05, 0) is 100 Å². The van der Waals surface area contributed by atoms with Crippen LogP contribution >= 0.6 is 22.7 Å². The van der Waals surface area contributed by atoms with Crippen molar-refractivity contribution in [2.24, 2.45) is 0 Å². The highest BCUT2D eigenvalue weighted by molar-refractivity contribution is 7.26. The smallest absolute Gasteiger partial charge is 0.0991 e. The number of hydrogen-bond acceptors (Lipinski definition) is 4. The summed E-state index contributed by atoms with van der Waals surface area (Å²) < 4.78 is 4.95. The highest BCUT2D eigenvalue weighted by Crippen LogP contribution is 2.43. The summed E-state index contributed by atoms with van der Waals surface area (Å²) in [6.45, 7) is 0. The average molecular weight is 569 g/mol. The second-order valence-electron chi connectivity index (χ2n) is 10.4. The number of thiophene rings is 2. The molecule has 2 heterocycles. The Labute approximate surface area is 250 Å². The van der Waals surface area contributed by atoms with Gasteiger partial charge in [-0.3, -0.25) is 0 Å². The monoisotopic (exact) mass is 568 g/mol. The van der Waals surface area contributed by atoms with Gasteiger partial charge in [0.05, 0.1) is 23.3 Å². The van der Waals surface area contributed by atoms with Gasteiger partial charge in [0.15, 0.2) is 0 Å². The Balaban J connectivity index is 1.39. The standard InChI is InChI=1S/C38H20N2S2/c39-21-23-5-3-6-25(15-23)27-17-28(26-12-14-36-34(20-26)31-7-1-2-10-35(31)41-36)19-29(18-27)30-8-4-9-32-33-16-24(22-40)11-13-37(33)42-38(30)32/h1-20H. The summed E-state index contributed by atoms with van der Waals surface area (Å²) >= 11 is 3.59. The van der Waals surface area contributed by atoms with Crippen LogP contribution in [0.2, 0.25) is 0 Å². The molecule has 0 aliphatic carbocycles. The van der Waals surface area contributed by atoms with E-state index in [4.69, 9.17) is 0 Å². The van der Waals surface area contributed by atoms with E-state index in [1.807, 2.05) is 41.7 Å². The molecule has 0 radical (unpaired) electrons. The van der Waals surface area contributed by atoms with E-state index in [0.717, 1.165) is 44.2 Å². The lowest BCUT2D eigenvalue weighted by Crippen LogP contribution is -1.87. The zero-order valence-electron chi connectivity index (χ0n) is 22.3. The van der Waals surface area contributed by atoms with E-state index in [1.54, 1.807) is 11.3 Å². The maximum absolute atomic E-state index is 9.60. The number of benzene rings is 6. The predicted octanol–water partition coefficient (Wildman–Crippen LogP) is 11.2. The fourth-order valence-corrected chi connectivity index (χ4v) is 8.19. The van der Waals surface area contributed by atoms with Gasteiger partial charge in [-0.1, -0.05) is 54.6 Å². The molecule has 2 nitrogen and oxygen atoms in total. The van der Waals surface area contributed by atoms with Gasteiger partial charge < -0.3 is 0 Å². The molecule has 0 atom stereocenters. The highest BCUT2D eigenvalue weighted by Gasteiger charge is 2.15. The van der Waals surface area contributed by atoms with E-state index in [1.165, 1.54) is 29.6 Å². The fourth-order valence-electron chi connectivity index (χ4n) is 5.89. The van der Waals surface area contributed by atoms with Crippen molar-refractivity contribution in [2.45, 2.75) is 0 Å². The Morgan fingerprint density at radius 3 is 1.90 bits per heavy atom. The first-order chi connectivity index (χ1) is 20.7. The lowest BCUT2D eigenvalue weighted by molar-refractivity contribution is 1.48. The number of hydrogen-bond donors (Lipinski definition) is 0. The van der Waals surface area contributed by atoms with Crippen molar-refractivity contribution >= 4 is 63.0 Å². The summed E-state index contributed by atoms with van der Waals surface area (Å²) in [5.41, 5.74) is 7.98. The zero-order valence-corrected chi connectivity index (χ0v) is 23.9. The Bertz CT molecular complexity index is 2450. The summed E-state index contributed by atoms with van der Waals surface area (Å²) in [4.78, 5) is 0. The molecule has 42 heavy (non-hydrogen) atoms. The zero-order chi connectivity index (χ0) is 28.2. The molecule has 0 unspecified atom stereocenters. The van der Waals surface area contributed by atoms with Crippen LogP contribution < -0.4 is 0 Å². The van der Waals surface area contributed by atoms with Crippen molar-refractivity contribution in [2.75, 3.05) is 0 Å². The van der Waals surface area contributed by atoms with Gasteiger partial charge in [0.1, 0.15) is 0 Å². The van der Waals surface area contributed by atoms with Gasteiger partial charge in [0.25, 0.3) is 0 Å². The molecule has 6 aromatic carbocycles. The lowest BCUT2D eigenvalue weighted by Gasteiger charge is -2.12. The largest absolute Gasteiger partial charge is 0.192 e. The van der Waals surface area contributed by atoms with Crippen LogP contribution in [0.3, 0.4) is 0 Å². The first kappa shape index (κ1) is 24.5. The molecule has 8 rings (SSSR count). The Hall–Kier alpha value is -5.26. The van der Waals surface area contributed by atoms with Gasteiger partial charge in [-0.25, -0.2) is 0 Å². The SMILES string of the molecule is N#Cc1cccc(-c2cc(-c3ccc4sc5ccccc5c4c3)cc(-c3cccc4c3sc3ccc(C#N)cc34)c2)c1. The molecule has 8 aromatic rings. The third kappa shape index (κ3) is 3.98. The van der Waals surface area contributed by atoms with E-state index in [9.17, 15) is 10.5 Å². The molecule has 0 saturated carbocycles. The van der Waals surface area contributed by atoms with E-state index in [0.29, 0.717) is 11.1 Å². The third-order valence-corrected chi connectivity index (χ3v) is 10.3. The fraction of sp³-hybridized carbons (Fsp3) is 0. The maximum atomic E-state index is 9.60. The van der Waals surface area contributed by atoms with Gasteiger partial charge in [-0.2, -0.15) is 10.5 Å². The molecule has 194 valence electrons. The van der Waals surface area contributed by atoms with E-state index >= 15 is 0 Å². The van der Waals surface area contributed by atoms with Crippen LogP contribution in [0.25, 0.3) is 73.7 Å². The third-order valence-electron chi connectivity index (χ3n) is 7.90. The number of nitrogens with zero attached hydrogens (tertiary/aromatic N) is 2. The molecule has 0 saturated heterocycles. The highest BCUT2D eigenvalue weighted by atomic mass is 32.1. The Morgan fingerprint density at radius 2 is 1.05 bits per heavy atom. The Kier molecular flexibility index (Phi) is 5.66. The maximum Gasteiger partial charge on any atom is 0.0991 e. The molecule has 4 heteroatoms. The minimum atomic E-state index is 0.644. The second-order valence-corrected chi connectivity index (χ2v) is 12.5. The quantitative estimate of drug-likeness (QED) is 0.213. The molecule has 0 aliphatic heterocycles. The molecular formula is C38H20N2S2. The number of fused-ring (bicyclic) bond motifs is 6. The van der Waals surface area contributed by atoms with Gasteiger partial charge in [-0.15, -0.1) is 22.7 Å². The van der Waals surface area contributed by atoms with Crippen LogP contribution in [0.1, 0.15) is 11.1 Å². The molecule has 0 fully saturated rings. The summed E-state index contributed by atoms with van der Waals surface area (Å²) in [5.74, 6) is 0. The number of rotatable bonds is 3. The lowest BCUT2D eigenvalue weighted by atomic mass is 9.92. The summed E-state index contributed by atoms with van der Waals surface area (Å²) in [7, 11) is 0. The van der Waals surface area contributed by atoms with Gasteiger partial charge in [0.2, 0.25) is 0 Å². The Morgan fingerprint density at radius 1 is 0.405 bits per heavy atom. The minimum absolute atomic E-state index is 0.644. The van der Waals surface area contributed by atoms with Gasteiger partial charge >= 0.3 is 0 Å². The molecule has 0 amide bonds. The average Bonchev–Trinajstić information content (AvgIpc) is 3.62. The first-order valence-corrected chi connectivity index (χ1v) is 15.2. The topological polar surface area (TPSA) is 47.6 Å². The van der Waals surface area contributed by atoms with Crippen LogP contribution in [0.15, 0.2) is 121 Å². The minimum Gasteiger partial charge on any atom is -0.192 e. The molecule has 0 spiro atoms. The summed E-state index contributed by atoms with van der Waals surface area (Å²) in [5, 5.41) is 23.9. The van der Waals surface area contributed by atoms with Crippen molar-refractivity contribution in [1.82, 2.24) is 0 Å². The second kappa shape index (κ2) is 9.68. The van der Waals surface area contributed by atoms with E-state index in [2.05, 4.69) is 103 Å². The molecular weight excluding hydrogens is 549 g/mol. The molecule has 0 N–H and O–H groups in total. The molecule has 0 aliphatic rings. The van der Waals surface area contributed by atoms with Crippen molar-refractivity contribution in [1.29, 1.82) is 10.5 Å².